The molecule has 0 spiro atoms. The molecule has 1 amide bonds. The number of Topliss-reactive ketones (excluding diaryl/α,β-unsaturated/α-hetero) is 1. The molecule has 5 heteroatoms. The van der Waals surface area contributed by atoms with Gasteiger partial charge in [-0.1, -0.05) is 6.92 Å². The molecule has 0 unspecified atom stereocenters. The Kier molecular flexibility index (Phi) is 4.05. The van der Waals surface area contributed by atoms with Gasteiger partial charge in [0.25, 0.3) is 0 Å². The van der Waals surface area contributed by atoms with Crippen molar-refractivity contribution in [2.24, 2.45) is 0 Å². The topological polar surface area (TPSA) is 55.8 Å². The van der Waals surface area contributed by atoms with Crippen LogP contribution in [0.4, 0.5) is 4.79 Å². The van der Waals surface area contributed by atoms with Crippen LogP contribution in [0.5, 0.6) is 0 Å². The van der Waals surface area contributed by atoms with E-state index in [2.05, 4.69) is 0 Å². The molecule has 0 aromatic rings. The van der Waals surface area contributed by atoms with Crippen molar-refractivity contribution in [2.75, 3.05) is 6.61 Å². The Bertz CT molecular complexity index is 343. The molecule has 104 valence electrons. The van der Waals surface area contributed by atoms with E-state index in [-0.39, 0.29) is 12.4 Å². The Morgan fingerprint density at radius 3 is 2.39 bits per heavy atom. The normalized spacial score (nSPS) is 23.0. The van der Waals surface area contributed by atoms with Crippen LogP contribution in [0.3, 0.4) is 0 Å². The van der Waals surface area contributed by atoms with Gasteiger partial charge in [0.05, 0.1) is 6.61 Å². The highest BCUT2D eigenvalue weighted by molar-refractivity contribution is 5.88. The Morgan fingerprint density at radius 1 is 1.39 bits per heavy atom. The van der Waals surface area contributed by atoms with Crippen LogP contribution < -0.4 is 0 Å². The van der Waals surface area contributed by atoms with E-state index in [9.17, 15) is 9.59 Å². The first kappa shape index (κ1) is 15.0. The van der Waals surface area contributed by atoms with Gasteiger partial charge in [-0.2, -0.15) is 0 Å². The van der Waals surface area contributed by atoms with Crippen molar-refractivity contribution in [2.45, 2.75) is 65.3 Å². The molecule has 18 heavy (non-hydrogen) atoms. The fourth-order valence-corrected chi connectivity index (χ4v) is 1.93. The Balaban J connectivity index is 2.92. The second-order valence-corrected chi connectivity index (χ2v) is 5.94. The van der Waals surface area contributed by atoms with Gasteiger partial charge in [-0.05, 0) is 34.6 Å². The number of carbonyl (C=O) groups excluding carboxylic acids is 2. The fraction of sp³-hybridized carbons (Fsp3) is 0.846. The zero-order valence-corrected chi connectivity index (χ0v) is 12.1. The van der Waals surface area contributed by atoms with Crippen LogP contribution in [0.25, 0.3) is 0 Å². The van der Waals surface area contributed by atoms with Crippen molar-refractivity contribution in [1.29, 1.82) is 0 Å². The predicted molar refractivity (Wildman–Crippen MR) is 67.2 cm³/mol. The lowest BCUT2D eigenvalue weighted by atomic mass is 10.1. The maximum Gasteiger partial charge on any atom is 0.413 e. The summed E-state index contributed by atoms with van der Waals surface area (Å²) in [4.78, 5) is 25.4. The molecule has 0 N–H and O–H groups in total. The smallest absolute Gasteiger partial charge is 0.413 e. The van der Waals surface area contributed by atoms with Crippen LogP contribution in [0.2, 0.25) is 0 Å². The molecule has 1 aliphatic rings. The summed E-state index contributed by atoms with van der Waals surface area (Å²) >= 11 is 0. The molecule has 1 aliphatic heterocycles. The van der Waals surface area contributed by atoms with Crippen LogP contribution in [0, 0.1) is 0 Å². The zero-order chi connectivity index (χ0) is 14.1. The van der Waals surface area contributed by atoms with Gasteiger partial charge in [-0.3, -0.25) is 9.69 Å². The number of carbonyl (C=O) groups is 2. The molecule has 1 saturated heterocycles. The third kappa shape index (κ3) is 3.22. The van der Waals surface area contributed by atoms with Gasteiger partial charge in [0.2, 0.25) is 0 Å². The summed E-state index contributed by atoms with van der Waals surface area (Å²) in [5, 5.41) is 0. The second kappa shape index (κ2) is 4.88. The molecule has 0 aliphatic carbocycles. The molecule has 0 aromatic heterocycles. The minimum absolute atomic E-state index is 0.00793. The molecule has 0 aromatic carbocycles. The first-order valence-corrected chi connectivity index (χ1v) is 6.27. The monoisotopic (exact) mass is 257 g/mol. The number of amides is 1. The SMILES string of the molecule is CCC(=O)[C@H]1COC(C)(C)N1C(=O)OC(C)(C)C. The van der Waals surface area contributed by atoms with Crippen LogP contribution in [-0.4, -0.2) is 40.8 Å². The molecular formula is C13H23NO4. The Morgan fingerprint density at radius 2 is 1.94 bits per heavy atom. The van der Waals surface area contributed by atoms with Crippen LogP contribution in [0.1, 0.15) is 48.0 Å². The van der Waals surface area contributed by atoms with E-state index in [1.54, 1.807) is 41.5 Å². The summed E-state index contributed by atoms with van der Waals surface area (Å²) in [6.07, 6.45) is -0.125. The first-order chi connectivity index (χ1) is 8.08. The molecule has 0 saturated carbocycles. The van der Waals surface area contributed by atoms with Crippen LogP contribution in [0.15, 0.2) is 0 Å². The highest BCUT2D eigenvalue weighted by atomic mass is 16.6. The summed E-state index contributed by atoms with van der Waals surface area (Å²) in [6.45, 7) is 10.9. The highest BCUT2D eigenvalue weighted by Crippen LogP contribution is 2.30. The van der Waals surface area contributed by atoms with Crippen LogP contribution >= 0.6 is 0 Å². The van der Waals surface area contributed by atoms with Crippen molar-refractivity contribution in [3.8, 4) is 0 Å². The predicted octanol–water partition coefficient (Wildman–Crippen LogP) is 2.34. The van der Waals surface area contributed by atoms with E-state index < -0.39 is 23.5 Å². The van der Waals surface area contributed by atoms with Crippen molar-refractivity contribution in [3.63, 3.8) is 0 Å². The molecule has 1 fully saturated rings. The molecule has 0 radical (unpaired) electrons. The quantitative estimate of drug-likeness (QED) is 0.762. The Hall–Kier alpha value is -1.10. The first-order valence-electron chi connectivity index (χ1n) is 6.27. The average Bonchev–Trinajstić information content (AvgIpc) is 2.50. The minimum Gasteiger partial charge on any atom is -0.444 e. The lowest BCUT2D eigenvalue weighted by Crippen LogP contribution is -2.52. The second-order valence-electron chi connectivity index (χ2n) is 5.94. The standard InChI is InChI=1S/C13H23NO4/c1-7-10(15)9-8-17-13(5,6)14(9)11(16)18-12(2,3)4/h9H,7-8H2,1-6H3/t9-/m1/s1. The summed E-state index contributed by atoms with van der Waals surface area (Å²) in [5.74, 6) is -0.00793. The molecule has 0 bridgehead atoms. The highest BCUT2D eigenvalue weighted by Gasteiger charge is 2.47. The number of hydrogen-bond donors (Lipinski definition) is 0. The van der Waals surface area contributed by atoms with Gasteiger partial charge >= 0.3 is 6.09 Å². The number of rotatable bonds is 2. The van der Waals surface area contributed by atoms with E-state index in [4.69, 9.17) is 9.47 Å². The summed E-state index contributed by atoms with van der Waals surface area (Å²) in [5.41, 5.74) is -1.40. The lowest BCUT2D eigenvalue weighted by Gasteiger charge is -2.34. The van der Waals surface area contributed by atoms with Gasteiger partial charge in [0.15, 0.2) is 5.78 Å². The van der Waals surface area contributed by atoms with Crippen molar-refractivity contribution in [3.05, 3.63) is 0 Å². The summed E-state index contributed by atoms with van der Waals surface area (Å²) in [7, 11) is 0. The van der Waals surface area contributed by atoms with E-state index in [0.717, 1.165) is 0 Å². The molecule has 1 atom stereocenters. The third-order valence-electron chi connectivity index (χ3n) is 2.80. The van der Waals surface area contributed by atoms with Gasteiger partial charge < -0.3 is 9.47 Å². The van der Waals surface area contributed by atoms with E-state index in [1.807, 2.05) is 0 Å². The van der Waals surface area contributed by atoms with Crippen molar-refractivity contribution >= 4 is 11.9 Å². The van der Waals surface area contributed by atoms with Gasteiger partial charge in [0.1, 0.15) is 17.4 Å². The summed E-state index contributed by atoms with van der Waals surface area (Å²) in [6, 6.07) is -0.542. The third-order valence-corrected chi connectivity index (χ3v) is 2.80. The molecule has 1 rings (SSSR count). The number of ketones is 1. The maximum absolute atomic E-state index is 12.2. The van der Waals surface area contributed by atoms with Crippen molar-refractivity contribution in [1.82, 2.24) is 4.90 Å². The van der Waals surface area contributed by atoms with Gasteiger partial charge in [-0.15, -0.1) is 0 Å². The van der Waals surface area contributed by atoms with E-state index in [1.165, 1.54) is 4.90 Å². The number of nitrogens with zero attached hydrogens (tertiary/aromatic N) is 1. The number of hydrogen-bond acceptors (Lipinski definition) is 4. The van der Waals surface area contributed by atoms with E-state index >= 15 is 0 Å². The minimum atomic E-state index is -0.808. The Labute approximate surface area is 108 Å². The van der Waals surface area contributed by atoms with Crippen molar-refractivity contribution < 1.29 is 19.1 Å². The number of ether oxygens (including phenoxy) is 2. The molecule has 1 heterocycles. The van der Waals surface area contributed by atoms with Gasteiger partial charge in [0, 0.05) is 6.42 Å². The van der Waals surface area contributed by atoms with E-state index in [0.29, 0.717) is 6.42 Å². The average molecular weight is 257 g/mol. The lowest BCUT2D eigenvalue weighted by molar-refractivity contribution is -0.124. The van der Waals surface area contributed by atoms with Crippen LogP contribution in [-0.2, 0) is 14.3 Å². The molecular weight excluding hydrogens is 234 g/mol. The largest absolute Gasteiger partial charge is 0.444 e. The maximum atomic E-state index is 12.2. The fourth-order valence-electron chi connectivity index (χ4n) is 1.93. The van der Waals surface area contributed by atoms with Gasteiger partial charge in [-0.25, -0.2) is 4.79 Å². The summed E-state index contributed by atoms with van der Waals surface area (Å²) < 4.78 is 10.9. The molecule has 5 nitrogen and oxygen atoms in total. The zero-order valence-electron chi connectivity index (χ0n) is 12.1.